The van der Waals surface area contributed by atoms with Gasteiger partial charge in [-0.2, -0.15) is 0 Å². The van der Waals surface area contributed by atoms with Gasteiger partial charge in [0, 0.05) is 11.6 Å². The molecule has 0 saturated carbocycles. The van der Waals surface area contributed by atoms with Crippen LogP contribution in [0.4, 0.5) is 4.39 Å². The van der Waals surface area contributed by atoms with Gasteiger partial charge < -0.3 is 19.7 Å². The number of halogens is 1. The number of carbonyl (C=O) groups is 3. The third-order valence-electron chi connectivity index (χ3n) is 9.36. The summed E-state index contributed by atoms with van der Waals surface area (Å²) in [6.45, 7) is 2.04. The van der Waals surface area contributed by atoms with Crippen LogP contribution in [0.5, 0.6) is 0 Å². The minimum absolute atomic E-state index is 0.0396. The number of hydrogen-bond acceptors (Lipinski definition) is 5. The van der Waals surface area contributed by atoms with E-state index in [1.807, 2.05) is 30.0 Å². The molecule has 0 radical (unpaired) electrons. The molecule has 2 unspecified atom stereocenters. The highest BCUT2D eigenvalue weighted by molar-refractivity contribution is 6.10. The highest BCUT2D eigenvalue weighted by Crippen LogP contribution is 2.48. The Labute approximate surface area is 253 Å². The van der Waals surface area contributed by atoms with Crippen LogP contribution in [0.2, 0.25) is 0 Å². The summed E-state index contributed by atoms with van der Waals surface area (Å²) in [6, 6.07) is 15.3. The van der Waals surface area contributed by atoms with Crippen molar-refractivity contribution < 1.29 is 28.3 Å². The summed E-state index contributed by atoms with van der Waals surface area (Å²) in [5.41, 5.74) is 4.56. The minimum Gasteiger partial charge on any atom is -0.478 e. The van der Waals surface area contributed by atoms with Crippen LogP contribution in [0.15, 0.2) is 65.3 Å². The Bertz CT molecular complexity index is 1800. The first-order chi connectivity index (χ1) is 21.3. The van der Waals surface area contributed by atoms with Gasteiger partial charge in [0.2, 0.25) is 0 Å². The second-order valence-electron chi connectivity index (χ2n) is 11.8. The van der Waals surface area contributed by atoms with E-state index in [0.717, 1.165) is 43.2 Å². The van der Waals surface area contributed by atoms with E-state index < -0.39 is 5.97 Å². The fraction of sp³-hybridized carbons (Fsp3) is 0.314. The number of hydrogen-bond donors (Lipinski definition) is 2. The summed E-state index contributed by atoms with van der Waals surface area (Å²) >= 11 is 0. The number of rotatable bonds is 8. The fourth-order valence-corrected chi connectivity index (χ4v) is 7.21. The molecule has 4 heterocycles. The third-order valence-corrected chi connectivity index (χ3v) is 9.36. The largest absolute Gasteiger partial charge is 0.478 e. The molecule has 8 nitrogen and oxygen atoms in total. The van der Waals surface area contributed by atoms with Gasteiger partial charge in [-0.05, 0) is 79.8 Å². The first-order valence-electron chi connectivity index (χ1n) is 15.2. The Kier molecular flexibility index (Phi) is 7.03. The number of fused-ring (bicyclic) bond motifs is 4. The van der Waals surface area contributed by atoms with Crippen molar-refractivity contribution in [3.05, 3.63) is 111 Å². The van der Waals surface area contributed by atoms with E-state index in [2.05, 4.69) is 11.4 Å². The first-order valence-corrected chi connectivity index (χ1v) is 15.2. The minimum atomic E-state index is -1.23. The van der Waals surface area contributed by atoms with Gasteiger partial charge in [-0.3, -0.25) is 14.6 Å². The number of carboxylic acid groups (broad SMARTS) is 1. The van der Waals surface area contributed by atoms with Crippen molar-refractivity contribution in [3.63, 3.8) is 0 Å². The molecule has 44 heavy (non-hydrogen) atoms. The number of nitrogens with zero attached hydrogens (tertiary/aromatic N) is 2. The zero-order chi connectivity index (χ0) is 30.5. The van der Waals surface area contributed by atoms with E-state index >= 15 is 0 Å². The van der Waals surface area contributed by atoms with Crippen molar-refractivity contribution >= 4 is 17.8 Å². The lowest BCUT2D eigenvalue weighted by atomic mass is 9.92. The van der Waals surface area contributed by atoms with Crippen LogP contribution < -0.4 is 5.32 Å². The summed E-state index contributed by atoms with van der Waals surface area (Å²) in [6.07, 6.45) is 6.05. The molecular formula is C35H32FN3O5. The van der Waals surface area contributed by atoms with Crippen molar-refractivity contribution in [3.8, 4) is 11.3 Å². The van der Waals surface area contributed by atoms with Crippen molar-refractivity contribution in [2.24, 2.45) is 0 Å². The van der Waals surface area contributed by atoms with E-state index in [-0.39, 0.29) is 70.2 Å². The van der Waals surface area contributed by atoms with Gasteiger partial charge in [0.05, 0.1) is 40.2 Å². The Morgan fingerprint density at radius 2 is 1.86 bits per heavy atom. The highest BCUT2D eigenvalue weighted by atomic mass is 19.1. The van der Waals surface area contributed by atoms with E-state index in [1.165, 1.54) is 30.0 Å². The topological polar surface area (TPSA) is 113 Å². The predicted molar refractivity (Wildman–Crippen MR) is 160 cm³/mol. The highest BCUT2D eigenvalue weighted by Gasteiger charge is 2.48. The maximum Gasteiger partial charge on any atom is 0.338 e. The summed E-state index contributed by atoms with van der Waals surface area (Å²) in [5.74, 6) is -2.03. The number of aryl methyl sites for hydroxylation is 3. The predicted octanol–water partition coefficient (Wildman–Crippen LogP) is 6.45. The molecule has 9 heteroatoms. The number of benzene rings is 2. The van der Waals surface area contributed by atoms with Gasteiger partial charge in [-0.25, -0.2) is 9.18 Å². The first kappa shape index (κ1) is 28.0. The molecule has 3 atom stereocenters. The molecule has 0 bridgehead atoms. The average molecular weight is 594 g/mol. The van der Waals surface area contributed by atoms with Crippen molar-refractivity contribution in [2.45, 2.75) is 70.0 Å². The lowest BCUT2D eigenvalue weighted by Crippen LogP contribution is -2.31. The number of nitrogens with one attached hydrogen (secondary N) is 1. The Balaban J connectivity index is 1.29. The fourth-order valence-electron chi connectivity index (χ4n) is 7.21. The van der Waals surface area contributed by atoms with Crippen LogP contribution >= 0.6 is 0 Å². The smallest absolute Gasteiger partial charge is 0.338 e. The molecule has 2 N–H and O–H groups in total. The average Bonchev–Trinajstić information content (AvgIpc) is 3.82. The maximum atomic E-state index is 14.0. The summed E-state index contributed by atoms with van der Waals surface area (Å²) in [4.78, 5) is 46.9. The van der Waals surface area contributed by atoms with Crippen LogP contribution in [-0.4, -0.2) is 38.8 Å². The van der Waals surface area contributed by atoms with Crippen LogP contribution in [-0.2, 0) is 19.3 Å². The van der Waals surface area contributed by atoms with E-state index in [1.54, 1.807) is 12.1 Å². The van der Waals surface area contributed by atoms with Gasteiger partial charge in [-0.1, -0.05) is 43.3 Å². The van der Waals surface area contributed by atoms with Crippen molar-refractivity contribution in [2.75, 3.05) is 0 Å². The maximum absolute atomic E-state index is 14.0. The van der Waals surface area contributed by atoms with Crippen LogP contribution in [0.3, 0.4) is 0 Å². The zero-order valence-electron chi connectivity index (χ0n) is 24.3. The molecule has 224 valence electrons. The number of amides is 2. The molecule has 1 fully saturated rings. The number of carboxylic acids is 1. The van der Waals surface area contributed by atoms with Gasteiger partial charge in [0.15, 0.2) is 0 Å². The standard InChI is InChI=1S/C35H32FN3O5/c1-2-23-13-16-27-32-31(34(41)39(23)27)30(29(35(42)43)26(37-32)14-9-19-7-11-22(36)12-8-19)28-17-21(18-44-28)33(40)38-25-15-10-20-5-3-4-6-24(20)25/h3-8,11-12,17-18,23,25,27H,2,9-10,13-16H2,1H3,(H,38,40)(H,42,43)/t23?,25?,27-/m0/s1. The number of pyridine rings is 1. The SMILES string of the molecule is CCC1CC[C@H]2c3nc(CCc4ccc(F)cc4)c(C(=O)O)c(-c4cc(C(=O)NC5CCc6ccccc65)co4)c3C(=O)N12. The third kappa shape index (κ3) is 4.67. The molecule has 0 spiro atoms. The zero-order valence-corrected chi connectivity index (χ0v) is 24.3. The lowest BCUT2D eigenvalue weighted by Gasteiger charge is -2.22. The molecule has 1 aliphatic carbocycles. The Hall–Kier alpha value is -4.79. The number of aromatic nitrogens is 1. The van der Waals surface area contributed by atoms with Crippen LogP contribution in [0, 0.1) is 5.82 Å². The van der Waals surface area contributed by atoms with E-state index in [4.69, 9.17) is 9.40 Å². The molecule has 2 amide bonds. The number of aromatic carboxylic acids is 1. The lowest BCUT2D eigenvalue weighted by molar-refractivity contribution is 0.0694. The molecule has 1 saturated heterocycles. The Morgan fingerprint density at radius 3 is 2.64 bits per heavy atom. The van der Waals surface area contributed by atoms with E-state index in [9.17, 15) is 23.9 Å². The quantitative estimate of drug-likeness (QED) is 0.243. The van der Waals surface area contributed by atoms with Gasteiger partial charge >= 0.3 is 5.97 Å². The van der Waals surface area contributed by atoms with Gasteiger partial charge in [-0.15, -0.1) is 0 Å². The molecule has 2 aliphatic heterocycles. The normalized spacial score (nSPS) is 20.0. The second kappa shape index (κ2) is 11.0. The van der Waals surface area contributed by atoms with E-state index in [0.29, 0.717) is 17.8 Å². The summed E-state index contributed by atoms with van der Waals surface area (Å²) in [7, 11) is 0. The molecule has 4 aromatic rings. The molecule has 7 rings (SSSR count). The number of furan rings is 1. The second-order valence-corrected chi connectivity index (χ2v) is 11.8. The van der Waals surface area contributed by atoms with Crippen molar-refractivity contribution in [1.29, 1.82) is 0 Å². The van der Waals surface area contributed by atoms with Gasteiger partial charge in [0.25, 0.3) is 11.8 Å². The number of carbonyl (C=O) groups excluding carboxylic acids is 2. The van der Waals surface area contributed by atoms with Crippen LogP contribution in [0.1, 0.15) is 104 Å². The van der Waals surface area contributed by atoms with Crippen LogP contribution in [0.25, 0.3) is 11.3 Å². The van der Waals surface area contributed by atoms with Crippen molar-refractivity contribution in [1.82, 2.24) is 15.2 Å². The Morgan fingerprint density at radius 1 is 1.07 bits per heavy atom. The molecular weight excluding hydrogens is 561 g/mol. The summed E-state index contributed by atoms with van der Waals surface area (Å²) in [5, 5.41) is 13.6. The van der Waals surface area contributed by atoms with Gasteiger partial charge in [0.1, 0.15) is 17.8 Å². The molecule has 2 aromatic carbocycles. The molecule has 3 aliphatic rings. The summed E-state index contributed by atoms with van der Waals surface area (Å²) < 4.78 is 19.4. The monoisotopic (exact) mass is 593 g/mol. The molecule has 2 aromatic heterocycles.